The summed E-state index contributed by atoms with van der Waals surface area (Å²) in [6.07, 6.45) is 5.08. The van der Waals surface area contributed by atoms with E-state index in [1.54, 1.807) is 13.3 Å². The zero-order chi connectivity index (χ0) is 15.9. The lowest BCUT2D eigenvalue weighted by molar-refractivity contribution is -0.183. The second kappa shape index (κ2) is 7.94. The second-order valence-electron chi connectivity index (χ2n) is 5.30. The lowest BCUT2D eigenvalue weighted by Crippen LogP contribution is -2.26. The number of benzene rings is 1. The van der Waals surface area contributed by atoms with E-state index in [1.165, 1.54) is 0 Å². The molecule has 0 aliphatic carbocycles. The fourth-order valence-corrected chi connectivity index (χ4v) is 2.45. The number of aromatic nitrogens is 1. The first-order valence-corrected chi connectivity index (χ1v) is 7.80. The van der Waals surface area contributed by atoms with Gasteiger partial charge in [-0.2, -0.15) is 0 Å². The maximum Gasteiger partial charge on any atom is 0.160 e. The first-order chi connectivity index (χ1) is 11.3. The molecule has 5 heteroatoms. The number of rotatable bonds is 6. The smallest absolute Gasteiger partial charge is 0.160 e. The summed E-state index contributed by atoms with van der Waals surface area (Å²) in [7, 11) is 1.65. The van der Waals surface area contributed by atoms with E-state index < -0.39 is 0 Å². The topological polar surface area (TPSA) is 49.8 Å². The van der Waals surface area contributed by atoms with Gasteiger partial charge in [-0.3, -0.25) is 4.98 Å². The molecule has 1 saturated heterocycles. The van der Waals surface area contributed by atoms with Gasteiger partial charge in [-0.15, -0.1) is 0 Å². The molecule has 0 amide bonds. The molecule has 0 spiro atoms. The molecule has 0 atom stereocenters. The third kappa shape index (κ3) is 4.43. The van der Waals surface area contributed by atoms with Gasteiger partial charge in [0.25, 0.3) is 0 Å². The maximum absolute atomic E-state index is 5.85. The van der Waals surface area contributed by atoms with Crippen LogP contribution in [0.15, 0.2) is 42.7 Å². The highest BCUT2D eigenvalue weighted by Gasteiger charge is 2.14. The van der Waals surface area contributed by atoms with Crippen LogP contribution in [0.2, 0.25) is 0 Å². The predicted octanol–water partition coefficient (Wildman–Crippen LogP) is 3.29. The van der Waals surface area contributed by atoms with Gasteiger partial charge in [0.1, 0.15) is 11.5 Å². The molecule has 2 aromatic rings. The molecule has 0 saturated carbocycles. The normalized spacial score (nSPS) is 15.3. The Morgan fingerprint density at radius 1 is 1.13 bits per heavy atom. The average Bonchev–Trinajstić information content (AvgIpc) is 2.63. The van der Waals surface area contributed by atoms with Gasteiger partial charge in [0.05, 0.1) is 26.9 Å². The van der Waals surface area contributed by atoms with Crippen molar-refractivity contribution in [2.75, 3.05) is 26.9 Å². The maximum atomic E-state index is 5.85. The van der Waals surface area contributed by atoms with Gasteiger partial charge in [0.2, 0.25) is 0 Å². The van der Waals surface area contributed by atoms with E-state index in [-0.39, 0.29) is 6.29 Å². The minimum Gasteiger partial charge on any atom is -0.497 e. The Morgan fingerprint density at radius 3 is 2.70 bits per heavy atom. The third-order valence-electron chi connectivity index (χ3n) is 3.63. The number of pyridine rings is 1. The molecule has 3 rings (SSSR count). The molecule has 122 valence electrons. The minimum atomic E-state index is -0.160. The van der Waals surface area contributed by atoms with Crippen LogP contribution in [0.4, 0.5) is 0 Å². The van der Waals surface area contributed by atoms with Gasteiger partial charge in [-0.05, 0) is 30.2 Å². The monoisotopic (exact) mass is 315 g/mol. The van der Waals surface area contributed by atoms with Crippen LogP contribution in [0.5, 0.6) is 11.5 Å². The van der Waals surface area contributed by atoms with Crippen molar-refractivity contribution in [1.82, 2.24) is 4.98 Å². The highest BCUT2D eigenvalue weighted by Crippen LogP contribution is 2.29. The van der Waals surface area contributed by atoms with Crippen LogP contribution in [0, 0.1) is 0 Å². The zero-order valence-electron chi connectivity index (χ0n) is 13.2. The SMILES string of the molecule is COc1cc(OCCC2OCCCO2)cc(-c2cccnc2)c1. The van der Waals surface area contributed by atoms with Crippen molar-refractivity contribution in [3.8, 4) is 22.6 Å². The number of nitrogens with zero attached hydrogens (tertiary/aromatic N) is 1. The Hall–Kier alpha value is -2.11. The Kier molecular flexibility index (Phi) is 5.45. The summed E-state index contributed by atoms with van der Waals surface area (Å²) in [6, 6.07) is 9.75. The van der Waals surface area contributed by atoms with Gasteiger partial charge in [0.15, 0.2) is 6.29 Å². The summed E-state index contributed by atoms with van der Waals surface area (Å²) in [5, 5.41) is 0. The lowest BCUT2D eigenvalue weighted by atomic mass is 10.1. The van der Waals surface area contributed by atoms with Crippen molar-refractivity contribution in [2.24, 2.45) is 0 Å². The average molecular weight is 315 g/mol. The molecule has 0 unspecified atom stereocenters. The summed E-state index contributed by atoms with van der Waals surface area (Å²) < 4.78 is 22.3. The number of methoxy groups -OCH3 is 1. The van der Waals surface area contributed by atoms with Crippen LogP contribution < -0.4 is 9.47 Å². The van der Waals surface area contributed by atoms with Gasteiger partial charge in [-0.1, -0.05) is 6.07 Å². The van der Waals surface area contributed by atoms with E-state index in [1.807, 2.05) is 36.5 Å². The van der Waals surface area contributed by atoms with Crippen molar-refractivity contribution in [3.05, 3.63) is 42.7 Å². The Labute approximate surface area is 136 Å². The van der Waals surface area contributed by atoms with Crippen LogP contribution in [0.3, 0.4) is 0 Å². The van der Waals surface area contributed by atoms with E-state index in [2.05, 4.69) is 4.98 Å². The second-order valence-corrected chi connectivity index (χ2v) is 5.30. The summed E-state index contributed by atoms with van der Waals surface area (Å²) in [4.78, 5) is 4.15. The standard InChI is InChI=1S/C18H21NO4/c1-20-16-10-15(14-4-2-6-19-13-14)11-17(12-16)21-9-5-18-22-7-3-8-23-18/h2,4,6,10-13,18H,3,5,7-9H2,1H3. The molecule has 1 aliphatic heterocycles. The van der Waals surface area contributed by atoms with Crippen molar-refractivity contribution in [3.63, 3.8) is 0 Å². The molecule has 0 bridgehead atoms. The van der Waals surface area contributed by atoms with E-state index >= 15 is 0 Å². The first kappa shape index (κ1) is 15.8. The fourth-order valence-electron chi connectivity index (χ4n) is 2.45. The Balaban J connectivity index is 1.66. The van der Waals surface area contributed by atoms with Crippen LogP contribution in [-0.2, 0) is 9.47 Å². The minimum absolute atomic E-state index is 0.160. The summed E-state index contributed by atoms with van der Waals surface area (Å²) in [5.74, 6) is 1.52. The molecule has 1 fully saturated rings. The van der Waals surface area contributed by atoms with E-state index in [0.717, 1.165) is 42.3 Å². The molecule has 1 aromatic heterocycles. The van der Waals surface area contributed by atoms with Crippen LogP contribution in [0.1, 0.15) is 12.8 Å². The molecule has 0 radical (unpaired) electrons. The van der Waals surface area contributed by atoms with Gasteiger partial charge >= 0.3 is 0 Å². The fraction of sp³-hybridized carbons (Fsp3) is 0.389. The van der Waals surface area contributed by atoms with Crippen molar-refractivity contribution in [1.29, 1.82) is 0 Å². The van der Waals surface area contributed by atoms with Crippen LogP contribution in [-0.4, -0.2) is 38.2 Å². The van der Waals surface area contributed by atoms with E-state index in [0.29, 0.717) is 13.0 Å². The number of ether oxygens (including phenoxy) is 4. The van der Waals surface area contributed by atoms with Gasteiger partial charge < -0.3 is 18.9 Å². The number of hydrogen-bond donors (Lipinski definition) is 0. The van der Waals surface area contributed by atoms with E-state index in [9.17, 15) is 0 Å². The van der Waals surface area contributed by atoms with Crippen molar-refractivity contribution in [2.45, 2.75) is 19.1 Å². The molecule has 23 heavy (non-hydrogen) atoms. The zero-order valence-corrected chi connectivity index (χ0v) is 13.2. The van der Waals surface area contributed by atoms with Gasteiger partial charge in [-0.25, -0.2) is 0 Å². The predicted molar refractivity (Wildman–Crippen MR) is 86.6 cm³/mol. The summed E-state index contributed by atoms with van der Waals surface area (Å²) in [5.41, 5.74) is 2.04. The Bertz CT molecular complexity index is 612. The number of hydrogen-bond acceptors (Lipinski definition) is 5. The highest BCUT2D eigenvalue weighted by molar-refractivity contribution is 5.66. The summed E-state index contributed by atoms with van der Waals surface area (Å²) in [6.45, 7) is 2.05. The van der Waals surface area contributed by atoms with E-state index in [4.69, 9.17) is 18.9 Å². The molecule has 0 N–H and O–H groups in total. The largest absolute Gasteiger partial charge is 0.497 e. The molecule has 5 nitrogen and oxygen atoms in total. The molecular weight excluding hydrogens is 294 g/mol. The third-order valence-corrected chi connectivity index (χ3v) is 3.63. The van der Waals surface area contributed by atoms with Crippen LogP contribution in [0.25, 0.3) is 11.1 Å². The van der Waals surface area contributed by atoms with Crippen molar-refractivity contribution >= 4 is 0 Å². The summed E-state index contributed by atoms with van der Waals surface area (Å²) >= 11 is 0. The van der Waals surface area contributed by atoms with Crippen molar-refractivity contribution < 1.29 is 18.9 Å². The first-order valence-electron chi connectivity index (χ1n) is 7.80. The quantitative estimate of drug-likeness (QED) is 0.818. The van der Waals surface area contributed by atoms with Gasteiger partial charge in [0, 0.05) is 30.4 Å². The lowest BCUT2D eigenvalue weighted by Gasteiger charge is -2.23. The Morgan fingerprint density at radius 2 is 1.96 bits per heavy atom. The highest BCUT2D eigenvalue weighted by atomic mass is 16.7. The molecule has 2 heterocycles. The molecular formula is C18H21NO4. The molecule has 1 aliphatic rings. The van der Waals surface area contributed by atoms with Crippen LogP contribution >= 0.6 is 0 Å². The molecule has 1 aromatic carbocycles.